The van der Waals surface area contributed by atoms with E-state index >= 15 is 0 Å². The number of carbonyl (C=O) groups excluding carboxylic acids is 1. The molecule has 2 rings (SSSR count). The number of carbonyl (C=O) groups is 1. The van der Waals surface area contributed by atoms with Crippen molar-refractivity contribution < 1.29 is 4.79 Å². The van der Waals surface area contributed by atoms with Crippen molar-refractivity contribution in [3.63, 3.8) is 0 Å². The Morgan fingerprint density at radius 3 is 2.26 bits per heavy atom. The highest BCUT2D eigenvalue weighted by Gasteiger charge is 2.33. The first-order valence-corrected chi connectivity index (χ1v) is 7.13. The third kappa shape index (κ3) is 3.06. The molecule has 19 heavy (non-hydrogen) atoms. The van der Waals surface area contributed by atoms with E-state index in [2.05, 4.69) is 51.7 Å². The van der Waals surface area contributed by atoms with Gasteiger partial charge in [0.05, 0.1) is 0 Å². The molecule has 0 radical (unpaired) electrons. The standard InChI is InChI=1S/C17H25NO/c1-12-8-13(2)16(14(3)9-12)11-18-7-6-15(19)10-17(18,4)5/h8-9H,6-7,10-11H2,1-5H3. The second kappa shape index (κ2) is 5.09. The summed E-state index contributed by atoms with van der Waals surface area (Å²) in [5.74, 6) is 0.401. The van der Waals surface area contributed by atoms with Gasteiger partial charge in [0, 0.05) is 31.5 Å². The highest BCUT2D eigenvalue weighted by molar-refractivity contribution is 5.80. The third-order valence-corrected chi connectivity index (χ3v) is 4.34. The van der Waals surface area contributed by atoms with Crippen molar-refractivity contribution in [1.29, 1.82) is 0 Å². The van der Waals surface area contributed by atoms with Crippen LogP contribution in [0.2, 0.25) is 0 Å². The average molecular weight is 259 g/mol. The molecule has 1 aliphatic rings. The van der Waals surface area contributed by atoms with Crippen LogP contribution < -0.4 is 0 Å². The fourth-order valence-electron chi connectivity index (χ4n) is 3.19. The molecule has 0 unspecified atom stereocenters. The molecule has 0 bridgehead atoms. The van der Waals surface area contributed by atoms with Gasteiger partial charge in [-0.2, -0.15) is 0 Å². The van der Waals surface area contributed by atoms with Crippen LogP contribution in [-0.4, -0.2) is 22.8 Å². The Balaban J connectivity index is 2.24. The molecule has 1 fully saturated rings. The summed E-state index contributed by atoms with van der Waals surface area (Å²) in [7, 11) is 0. The number of Topliss-reactive ketones (excluding diaryl/α,β-unsaturated/α-hetero) is 1. The van der Waals surface area contributed by atoms with E-state index in [-0.39, 0.29) is 5.54 Å². The summed E-state index contributed by atoms with van der Waals surface area (Å²) in [6, 6.07) is 4.51. The van der Waals surface area contributed by atoms with E-state index in [1.54, 1.807) is 0 Å². The van der Waals surface area contributed by atoms with Crippen LogP contribution in [0.3, 0.4) is 0 Å². The molecule has 0 aliphatic carbocycles. The van der Waals surface area contributed by atoms with E-state index in [0.29, 0.717) is 18.6 Å². The Bertz CT molecular complexity index is 479. The lowest BCUT2D eigenvalue weighted by molar-refractivity contribution is -0.125. The van der Waals surface area contributed by atoms with Crippen molar-refractivity contribution in [2.75, 3.05) is 6.54 Å². The minimum atomic E-state index is -0.0148. The zero-order chi connectivity index (χ0) is 14.2. The summed E-state index contributed by atoms with van der Waals surface area (Å²) in [5, 5.41) is 0. The molecule has 0 N–H and O–H groups in total. The van der Waals surface area contributed by atoms with Crippen molar-refractivity contribution >= 4 is 5.78 Å². The Hall–Kier alpha value is -1.15. The van der Waals surface area contributed by atoms with Gasteiger partial charge >= 0.3 is 0 Å². The largest absolute Gasteiger partial charge is 0.300 e. The second-order valence-electron chi connectivity index (χ2n) is 6.58. The van der Waals surface area contributed by atoms with Crippen molar-refractivity contribution in [2.45, 2.75) is 59.5 Å². The third-order valence-electron chi connectivity index (χ3n) is 4.34. The van der Waals surface area contributed by atoms with Gasteiger partial charge in [0.2, 0.25) is 0 Å². The normalized spacial score (nSPS) is 19.7. The molecule has 0 spiro atoms. The van der Waals surface area contributed by atoms with E-state index in [1.807, 2.05) is 0 Å². The summed E-state index contributed by atoms with van der Waals surface area (Å²) in [4.78, 5) is 14.1. The highest BCUT2D eigenvalue weighted by Crippen LogP contribution is 2.29. The van der Waals surface area contributed by atoms with Gasteiger partial charge in [0.15, 0.2) is 0 Å². The summed E-state index contributed by atoms with van der Waals surface area (Å²) in [5.41, 5.74) is 5.47. The zero-order valence-corrected chi connectivity index (χ0v) is 12.8. The van der Waals surface area contributed by atoms with Crippen molar-refractivity contribution in [3.05, 3.63) is 34.4 Å². The molecule has 2 nitrogen and oxygen atoms in total. The number of piperidine rings is 1. The van der Waals surface area contributed by atoms with Gasteiger partial charge in [-0.05, 0) is 51.3 Å². The van der Waals surface area contributed by atoms with Gasteiger partial charge in [0.1, 0.15) is 5.78 Å². The summed E-state index contributed by atoms with van der Waals surface area (Å²) >= 11 is 0. The number of aryl methyl sites for hydroxylation is 3. The molecule has 1 heterocycles. The second-order valence-corrected chi connectivity index (χ2v) is 6.58. The Morgan fingerprint density at radius 2 is 1.74 bits per heavy atom. The number of nitrogens with zero attached hydrogens (tertiary/aromatic N) is 1. The molecule has 2 heteroatoms. The van der Waals surface area contributed by atoms with Crippen molar-refractivity contribution in [3.8, 4) is 0 Å². The zero-order valence-electron chi connectivity index (χ0n) is 12.8. The van der Waals surface area contributed by atoms with Crippen LogP contribution in [0.5, 0.6) is 0 Å². The van der Waals surface area contributed by atoms with Gasteiger partial charge in [-0.25, -0.2) is 0 Å². The monoisotopic (exact) mass is 259 g/mol. The maximum absolute atomic E-state index is 11.6. The summed E-state index contributed by atoms with van der Waals surface area (Å²) in [6.45, 7) is 12.7. The van der Waals surface area contributed by atoms with Gasteiger partial charge in [-0.1, -0.05) is 17.7 Å². The number of likely N-dealkylation sites (tertiary alicyclic amines) is 1. The van der Waals surface area contributed by atoms with Crippen LogP contribution >= 0.6 is 0 Å². The van der Waals surface area contributed by atoms with E-state index in [4.69, 9.17) is 0 Å². The lowest BCUT2D eigenvalue weighted by Gasteiger charge is -2.42. The molecule has 0 aromatic heterocycles. The maximum atomic E-state index is 11.6. The van der Waals surface area contributed by atoms with E-state index in [0.717, 1.165) is 13.1 Å². The molecule has 1 aliphatic heterocycles. The first-order valence-electron chi connectivity index (χ1n) is 7.13. The van der Waals surface area contributed by atoms with E-state index in [1.165, 1.54) is 22.3 Å². The predicted octanol–water partition coefficient (Wildman–Crippen LogP) is 3.56. The van der Waals surface area contributed by atoms with Crippen LogP contribution in [0.1, 0.15) is 48.9 Å². The lowest BCUT2D eigenvalue weighted by atomic mass is 9.88. The number of hydrogen-bond donors (Lipinski definition) is 0. The van der Waals surface area contributed by atoms with Gasteiger partial charge < -0.3 is 0 Å². The van der Waals surface area contributed by atoms with Crippen LogP contribution in [0, 0.1) is 20.8 Å². The predicted molar refractivity (Wildman–Crippen MR) is 79.4 cm³/mol. The van der Waals surface area contributed by atoms with Crippen LogP contribution in [0.15, 0.2) is 12.1 Å². The topological polar surface area (TPSA) is 20.3 Å². The van der Waals surface area contributed by atoms with E-state index < -0.39 is 0 Å². The Labute approximate surface area is 116 Å². The maximum Gasteiger partial charge on any atom is 0.136 e. The number of hydrogen-bond acceptors (Lipinski definition) is 2. The first-order chi connectivity index (χ1) is 8.79. The van der Waals surface area contributed by atoms with Crippen LogP contribution in [-0.2, 0) is 11.3 Å². The molecular weight excluding hydrogens is 234 g/mol. The summed E-state index contributed by atoms with van der Waals surface area (Å²) in [6.07, 6.45) is 1.38. The quantitative estimate of drug-likeness (QED) is 0.809. The molecule has 0 amide bonds. The molecular formula is C17H25NO. The van der Waals surface area contributed by atoms with Gasteiger partial charge in [-0.3, -0.25) is 9.69 Å². The fraction of sp³-hybridized carbons (Fsp3) is 0.588. The number of ketones is 1. The average Bonchev–Trinajstić information content (AvgIpc) is 2.24. The van der Waals surface area contributed by atoms with Crippen molar-refractivity contribution in [2.24, 2.45) is 0 Å². The molecule has 0 atom stereocenters. The smallest absolute Gasteiger partial charge is 0.136 e. The molecule has 0 saturated carbocycles. The SMILES string of the molecule is Cc1cc(C)c(CN2CCC(=O)CC2(C)C)c(C)c1. The van der Waals surface area contributed by atoms with Gasteiger partial charge in [-0.15, -0.1) is 0 Å². The summed E-state index contributed by atoms with van der Waals surface area (Å²) < 4.78 is 0. The van der Waals surface area contributed by atoms with Gasteiger partial charge in [0.25, 0.3) is 0 Å². The minimum Gasteiger partial charge on any atom is -0.300 e. The molecule has 1 saturated heterocycles. The van der Waals surface area contributed by atoms with Crippen LogP contribution in [0.25, 0.3) is 0 Å². The minimum absolute atomic E-state index is 0.0148. The Morgan fingerprint density at radius 1 is 1.16 bits per heavy atom. The molecule has 1 aromatic rings. The van der Waals surface area contributed by atoms with Crippen LogP contribution in [0.4, 0.5) is 0 Å². The molecule has 1 aromatic carbocycles. The Kier molecular flexibility index (Phi) is 3.82. The first kappa shape index (κ1) is 14.3. The molecule has 104 valence electrons. The number of rotatable bonds is 2. The lowest BCUT2D eigenvalue weighted by Crippen LogP contribution is -2.49. The van der Waals surface area contributed by atoms with Crippen molar-refractivity contribution in [1.82, 2.24) is 4.90 Å². The number of benzene rings is 1. The fourth-order valence-corrected chi connectivity index (χ4v) is 3.19. The van der Waals surface area contributed by atoms with E-state index in [9.17, 15) is 4.79 Å². The highest BCUT2D eigenvalue weighted by atomic mass is 16.1.